The highest BCUT2D eigenvalue weighted by Crippen LogP contribution is 2.15. The van der Waals surface area contributed by atoms with Gasteiger partial charge in [-0.3, -0.25) is 14.7 Å². The van der Waals surface area contributed by atoms with Crippen LogP contribution in [-0.2, 0) is 11.2 Å². The van der Waals surface area contributed by atoms with Gasteiger partial charge in [-0.1, -0.05) is 6.07 Å². The van der Waals surface area contributed by atoms with E-state index in [1.54, 1.807) is 24.3 Å². The Morgan fingerprint density at radius 1 is 1.30 bits per heavy atom. The summed E-state index contributed by atoms with van der Waals surface area (Å²) in [5.41, 5.74) is 1.16. The number of anilines is 1. The summed E-state index contributed by atoms with van der Waals surface area (Å²) in [6.07, 6.45) is 7.45. The van der Waals surface area contributed by atoms with Crippen molar-refractivity contribution in [3.63, 3.8) is 0 Å². The van der Waals surface area contributed by atoms with Crippen molar-refractivity contribution in [3.8, 4) is 0 Å². The lowest BCUT2D eigenvalue weighted by Gasteiger charge is -2.16. The molecule has 2 aromatic rings. The van der Waals surface area contributed by atoms with Crippen molar-refractivity contribution in [3.05, 3.63) is 52.9 Å². The van der Waals surface area contributed by atoms with Crippen LogP contribution < -0.4 is 4.90 Å². The maximum Gasteiger partial charge on any atom is 0.227 e. The second-order valence-electron chi connectivity index (χ2n) is 4.50. The van der Waals surface area contributed by atoms with Crippen LogP contribution in [0.3, 0.4) is 0 Å². The Morgan fingerprint density at radius 3 is 2.80 bits per heavy atom. The number of aryl methyl sites for hydroxylation is 1. The van der Waals surface area contributed by atoms with Crippen LogP contribution in [0.5, 0.6) is 0 Å². The minimum Gasteiger partial charge on any atom is -0.300 e. The number of hydrogen-bond acceptors (Lipinski definition) is 3. The van der Waals surface area contributed by atoms with Crippen LogP contribution >= 0.6 is 15.9 Å². The third-order valence-electron chi connectivity index (χ3n) is 3.01. The molecule has 0 saturated carbocycles. The van der Waals surface area contributed by atoms with Crippen LogP contribution in [0.1, 0.15) is 18.4 Å². The van der Waals surface area contributed by atoms with E-state index in [0.29, 0.717) is 12.2 Å². The zero-order valence-corrected chi connectivity index (χ0v) is 12.9. The maximum absolute atomic E-state index is 12.1. The summed E-state index contributed by atoms with van der Waals surface area (Å²) in [4.78, 5) is 21.9. The lowest BCUT2D eigenvalue weighted by atomic mass is 10.1. The zero-order chi connectivity index (χ0) is 14.4. The van der Waals surface area contributed by atoms with Crippen molar-refractivity contribution in [1.82, 2.24) is 9.97 Å². The molecule has 0 aliphatic carbocycles. The molecule has 0 fully saturated rings. The van der Waals surface area contributed by atoms with E-state index in [2.05, 4.69) is 25.9 Å². The molecule has 0 N–H and O–H groups in total. The summed E-state index contributed by atoms with van der Waals surface area (Å²) in [5.74, 6) is 0.739. The van der Waals surface area contributed by atoms with Gasteiger partial charge in [-0.2, -0.15) is 0 Å². The molecule has 0 saturated heterocycles. The smallest absolute Gasteiger partial charge is 0.227 e. The van der Waals surface area contributed by atoms with Gasteiger partial charge in [0, 0.05) is 36.5 Å². The van der Waals surface area contributed by atoms with Gasteiger partial charge in [-0.25, -0.2) is 4.98 Å². The van der Waals surface area contributed by atoms with Gasteiger partial charge < -0.3 is 0 Å². The predicted octanol–water partition coefficient (Wildman–Crippen LogP) is 3.22. The minimum atomic E-state index is 0.0729. The first-order valence-corrected chi connectivity index (χ1v) is 7.23. The number of halogens is 1. The Morgan fingerprint density at radius 2 is 2.15 bits per heavy atom. The lowest BCUT2D eigenvalue weighted by Crippen LogP contribution is -2.26. The molecular weight excluding hydrogens is 318 g/mol. The fourth-order valence-electron chi connectivity index (χ4n) is 1.85. The Hall–Kier alpha value is -1.75. The van der Waals surface area contributed by atoms with Gasteiger partial charge >= 0.3 is 0 Å². The molecule has 0 aromatic carbocycles. The van der Waals surface area contributed by atoms with Gasteiger partial charge in [0.15, 0.2) is 0 Å². The molecule has 2 rings (SSSR count). The summed E-state index contributed by atoms with van der Waals surface area (Å²) in [5, 5.41) is 0. The van der Waals surface area contributed by atoms with Gasteiger partial charge in [0.25, 0.3) is 0 Å². The average Bonchev–Trinajstić information content (AvgIpc) is 2.48. The van der Waals surface area contributed by atoms with E-state index in [4.69, 9.17) is 0 Å². The first-order chi connectivity index (χ1) is 9.66. The van der Waals surface area contributed by atoms with Gasteiger partial charge in [-0.15, -0.1) is 0 Å². The monoisotopic (exact) mass is 333 g/mol. The number of pyridine rings is 2. The van der Waals surface area contributed by atoms with Gasteiger partial charge in [0.2, 0.25) is 5.91 Å². The fraction of sp³-hybridized carbons (Fsp3) is 0.267. The van der Waals surface area contributed by atoms with E-state index in [1.165, 1.54) is 0 Å². The van der Waals surface area contributed by atoms with Crippen molar-refractivity contribution in [1.29, 1.82) is 0 Å². The minimum absolute atomic E-state index is 0.0729. The summed E-state index contributed by atoms with van der Waals surface area (Å²) in [6, 6.07) is 7.64. The molecule has 0 radical (unpaired) electrons. The molecular formula is C15H16BrN3O. The number of nitrogens with zero attached hydrogens (tertiary/aromatic N) is 3. The fourth-order valence-corrected chi connectivity index (χ4v) is 2.09. The first-order valence-electron chi connectivity index (χ1n) is 6.44. The van der Waals surface area contributed by atoms with Crippen molar-refractivity contribution >= 4 is 27.7 Å². The predicted molar refractivity (Wildman–Crippen MR) is 82.5 cm³/mol. The standard InChI is InChI=1S/C15H16BrN3O/c1-19(14-8-7-13(16)11-18-14)15(20)6-2-4-12-5-3-9-17-10-12/h3,5,7-11H,2,4,6H2,1H3. The zero-order valence-electron chi connectivity index (χ0n) is 11.3. The number of carbonyl (C=O) groups excluding carboxylic acids is 1. The largest absolute Gasteiger partial charge is 0.300 e. The molecule has 2 heterocycles. The van der Waals surface area contributed by atoms with E-state index < -0.39 is 0 Å². The van der Waals surface area contributed by atoms with Crippen LogP contribution in [0.2, 0.25) is 0 Å². The number of carbonyl (C=O) groups is 1. The van der Waals surface area contributed by atoms with Crippen molar-refractivity contribution < 1.29 is 4.79 Å². The Balaban J connectivity index is 1.84. The molecule has 0 unspecified atom stereocenters. The second kappa shape index (κ2) is 7.14. The van der Waals surface area contributed by atoms with Gasteiger partial charge in [0.1, 0.15) is 5.82 Å². The Bertz CT molecular complexity index is 557. The molecule has 0 bridgehead atoms. The van der Waals surface area contributed by atoms with E-state index in [1.807, 2.05) is 30.5 Å². The van der Waals surface area contributed by atoms with E-state index >= 15 is 0 Å². The molecule has 0 aliphatic rings. The highest BCUT2D eigenvalue weighted by molar-refractivity contribution is 9.10. The average molecular weight is 334 g/mol. The number of hydrogen-bond donors (Lipinski definition) is 0. The molecule has 20 heavy (non-hydrogen) atoms. The third kappa shape index (κ3) is 4.13. The molecule has 4 nitrogen and oxygen atoms in total. The third-order valence-corrected chi connectivity index (χ3v) is 3.48. The molecule has 2 aromatic heterocycles. The van der Waals surface area contributed by atoms with E-state index in [0.717, 1.165) is 22.9 Å². The van der Waals surface area contributed by atoms with E-state index in [-0.39, 0.29) is 5.91 Å². The van der Waals surface area contributed by atoms with E-state index in [9.17, 15) is 4.79 Å². The summed E-state index contributed by atoms with van der Waals surface area (Å²) < 4.78 is 0.902. The Labute approximate surface area is 127 Å². The number of amides is 1. The highest BCUT2D eigenvalue weighted by atomic mass is 79.9. The number of aromatic nitrogens is 2. The van der Waals surface area contributed by atoms with Crippen LogP contribution in [0.15, 0.2) is 47.3 Å². The van der Waals surface area contributed by atoms with Gasteiger partial charge in [0.05, 0.1) is 0 Å². The topological polar surface area (TPSA) is 46.1 Å². The highest BCUT2D eigenvalue weighted by Gasteiger charge is 2.11. The molecule has 104 valence electrons. The van der Waals surface area contributed by atoms with Crippen LogP contribution in [0, 0.1) is 0 Å². The van der Waals surface area contributed by atoms with Crippen molar-refractivity contribution in [2.75, 3.05) is 11.9 Å². The lowest BCUT2D eigenvalue weighted by molar-refractivity contribution is -0.118. The molecule has 1 amide bonds. The normalized spacial score (nSPS) is 10.3. The van der Waals surface area contributed by atoms with Crippen LogP contribution in [0.25, 0.3) is 0 Å². The summed E-state index contributed by atoms with van der Waals surface area (Å²) in [7, 11) is 1.75. The van der Waals surface area contributed by atoms with Crippen molar-refractivity contribution in [2.45, 2.75) is 19.3 Å². The molecule has 0 spiro atoms. The Kier molecular flexibility index (Phi) is 5.24. The summed E-state index contributed by atoms with van der Waals surface area (Å²) >= 11 is 3.33. The second-order valence-corrected chi connectivity index (χ2v) is 5.42. The van der Waals surface area contributed by atoms with Crippen molar-refractivity contribution in [2.24, 2.45) is 0 Å². The molecule has 5 heteroatoms. The maximum atomic E-state index is 12.1. The summed E-state index contributed by atoms with van der Waals surface area (Å²) in [6.45, 7) is 0. The molecule has 0 aliphatic heterocycles. The first kappa shape index (κ1) is 14.7. The SMILES string of the molecule is CN(C(=O)CCCc1cccnc1)c1ccc(Br)cn1. The van der Waals surface area contributed by atoms with Crippen LogP contribution in [0.4, 0.5) is 5.82 Å². The quantitative estimate of drug-likeness (QED) is 0.843. The molecule has 0 atom stereocenters. The van der Waals surface area contributed by atoms with Gasteiger partial charge in [-0.05, 0) is 52.5 Å². The number of rotatable bonds is 5. The van der Waals surface area contributed by atoms with Crippen LogP contribution in [-0.4, -0.2) is 22.9 Å².